The van der Waals surface area contributed by atoms with Gasteiger partial charge in [0.1, 0.15) is 11.6 Å². The number of alkyl halides is 1. The first kappa shape index (κ1) is 11.0. The Kier molecular flexibility index (Phi) is 3.13. The van der Waals surface area contributed by atoms with E-state index in [4.69, 9.17) is 11.6 Å². The molecule has 0 nitrogen and oxygen atoms in total. The molecule has 0 N–H and O–H groups in total. The first-order valence-electron chi connectivity index (χ1n) is 4.05. The Morgan fingerprint density at radius 1 is 1.14 bits per heavy atom. The zero-order valence-electron chi connectivity index (χ0n) is 7.87. The average Bonchev–Trinajstić information content (AvgIpc) is 1.97. The minimum atomic E-state index is -0.692. The van der Waals surface area contributed by atoms with Gasteiger partial charge in [0, 0.05) is 11.6 Å². The zero-order valence-corrected chi connectivity index (χ0v) is 8.62. The molecule has 0 radical (unpaired) electrons. The van der Waals surface area contributed by atoms with Gasteiger partial charge in [-0.2, -0.15) is 0 Å². The van der Waals surface area contributed by atoms with Gasteiger partial charge in [0.05, 0.1) is 4.87 Å². The van der Waals surface area contributed by atoms with Crippen molar-refractivity contribution in [3.63, 3.8) is 0 Å². The lowest BCUT2D eigenvalue weighted by atomic mass is 10.1. The lowest BCUT2D eigenvalue weighted by molar-refractivity contribution is 0.582. The van der Waals surface area contributed by atoms with Crippen LogP contribution in [0.5, 0.6) is 0 Å². The Hall–Kier alpha value is -1.07. The van der Waals surface area contributed by atoms with Gasteiger partial charge in [-0.1, -0.05) is 11.8 Å². The Morgan fingerprint density at radius 2 is 1.64 bits per heavy atom. The quantitative estimate of drug-likeness (QED) is 0.459. The van der Waals surface area contributed by atoms with E-state index in [1.807, 2.05) is 0 Å². The van der Waals surface area contributed by atoms with Gasteiger partial charge in [-0.15, -0.1) is 11.6 Å². The first-order chi connectivity index (χ1) is 6.37. The van der Waals surface area contributed by atoms with Crippen LogP contribution < -0.4 is 0 Å². The van der Waals surface area contributed by atoms with E-state index < -0.39 is 16.5 Å². The third-order valence-electron chi connectivity index (χ3n) is 1.37. The van der Waals surface area contributed by atoms with E-state index in [1.165, 1.54) is 12.1 Å². The molecule has 0 amide bonds. The predicted molar refractivity (Wildman–Crippen MR) is 53.2 cm³/mol. The summed E-state index contributed by atoms with van der Waals surface area (Å²) < 4.78 is 25.4. The van der Waals surface area contributed by atoms with E-state index in [0.29, 0.717) is 0 Å². The van der Waals surface area contributed by atoms with Crippen LogP contribution in [-0.4, -0.2) is 4.87 Å². The second kappa shape index (κ2) is 3.98. The monoisotopic (exact) mass is 214 g/mol. The molecule has 0 saturated carbocycles. The standard InChI is InChI=1S/C11H9ClF2/c1-11(2,12)4-3-8-5-9(13)7-10(14)6-8/h5-7H,1-2H3. The molecule has 0 unspecified atom stereocenters. The van der Waals surface area contributed by atoms with Gasteiger partial charge in [-0.3, -0.25) is 0 Å². The minimum absolute atomic E-state index is 0.288. The van der Waals surface area contributed by atoms with Crippen LogP contribution in [0, 0.1) is 23.5 Å². The molecule has 3 heteroatoms. The van der Waals surface area contributed by atoms with Crippen LogP contribution in [0.4, 0.5) is 8.78 Å². The molecule has 1 aromatic carbocycles. The van der Waals surface area contributed by atoms with E-state index in [0.717, 1.165) is 6.07 Å². The van der Waals surface area contributed by atoms with Crippen LogP contribution in [0.1, 0.15) is 19.4 Å². The molecule has 0 saturated heterocycles. The maximum absolute atomic E-state index is 12.7. The van der Waals surface area contributed by atoms with Crippen molar-refractivity contribution in [2.75, 3.05) is 0 Å². The SMILES string of the molecule is CC(C)(Cl)C#Cc1cc(F)cc(F)c1. The number of rotatable bonds is 0. The summed E-state index contributed by atoms with van der Waals surface area (Å²) in [6, 6.07) is 3.13. The number of hydrogen-bond acceptors (Lipinski definition) is 0. The Bertz CT molecular complexity index is 374. The summed E-state index contributed by atoms with van der Waals surface area (Å²) in [5.41, 5.74) is 0.288. The van der Waals surface area contributed by atoms with Gasteiger partial charge < -0.3 is 0 Å². The predicted octanol–water partition coefficient (Wildman–Crippen LogP) is 3.33. The highest BCUT2D eigenvalue weighted by Crippen LogP contribution is 2.11. The second-order valence-corrected chi connectivity index (χ2v) is 4.33. The maximum atomic E-state index is 12.7. The third kappa shape index (κ3) is 3.76. The van der Waals surface area contributed by atoms with Crippen molar-refractivity contribution in [2.45, 2.75) is 18.7 Å². The molecular formula is C11H9ClF2. The van der Waals surface area contributed by atoms with Crippen molar-refractivity contribution in [1.29, 1.82) is 0 Å². The second-order valence-electron chi connectivity index (χ2n) is 3.38. The lowest BCUT2D eigenvalue weighted by Crippen LogP contribution is -2.04. The number of hydrogen-bond donors (Lipinski definition) is 0. The highest BCUT2D eigenvalue weighted by Gasteiger charge is 2.07. The largest absolute Gasteiger partial charge is 0.207 e. The first-order valence-corrected chi connectivity index (χ1v) is 4.43. The molecule has 0 spiro atoms. The Labute approximate surface area is 86.9 Å². The van der Waals surface area contributed by atoms with Gasteiger partial charge in [0.15, 0.2) is 0 Å². The van der Waals surface area contributed by atoms with E-state index in [9.17, 15) is 8.78 Å². The van der Waals surface area contributed by atoms with Crippen LogP contribution >= 0.6 is 11.6 Å². The Morgan fingerprint density at radius 3 is 2.07 bits per heavy atom. The van der Waals surface area contributed by atoms with Crippen LogP contribution in [-0.2, 0) is 0 Å². The summed E-state index contributed by atoms with van der Waals surface area (Å²) >= 11 is 5.80. The minimum Gasteiger partial charge on any atom is -0.207 e. The van der Waals surface area contributed by atoms with Crippen molar-refractivity contribution < 1.29 is 8.78 Å². The average molecular weight is 215 g/mol. The van der Waals surface area contributed by atoms with Crippen LogP contribution in [0.3, 0.4) is 0 Å². The fraction of sp³-hybridized carbons (Fsp3) is 0.273. The van der Waals surface area contributed by atoms with Gasteiger partial charge in [-0.25, -0.2) is 8.78 Å². The molecule has 14 heavy (non-hydrogen) atoms. The summed E-state index contributed by atoms with van der Waals surface area (Å²) in [6.07, 6.45) is 0. The van der Waals surface area contributed by atoms with Crippen molar-refractivity contribution >= 4 is 11.6 Å². The number of benzene rings is 1. The molecule has 0 aliphatic rings. The molecule has 0 aliphatic heterocycles. The Balaban J connectivity index is 3.02. The van der Waals surface area contributed by atoms with Gasteiger partial charge in [0.25, 0.3) is 0 Å². The topological polar surface area (TPSA) is 0 Å². The molecular weight excluding hydrogens is 206 g/mol. The van der Waals surface area contributed by atoms with E-state index in [-0.39, 0.29) is 5.56 Å². The van der Waals surface area contributed by atoms with Crippen LogP contribution in [0.25, 0.3) is 0 Å². The molecule has 0 bridgehead atoms. The lowest BCUT2D eigenvalue weighted by Gasteiger charge is -2.03. The van der Waals surface area contributed by atoms with Crippen molar-refractivity contribution in [3.8, 4) is 11.8 Å². The van der Waals surface area contributed by atoms with Gasteiger partial charge in [-0.05, 0) is 26.0 Å². The van der Waals surface area contributed by atoms with Crippen LogP contribution in [0.2, 0.25) is 0 Å². The van der Waals surface area contributed by atoms with Gasteiger partial charge >= 0.3 is 0 Å². The fourth-order valence-corrected chi connectivity index (χ4v) is 0.894. The third-order valence-corrected chi connectivity index (χ3v) is 1.46. The van der Waals surface area contributed by atoms with Crippen LogP contribution in [0.15, 0.2) is 18.2 Å². The molecule has 1 rings (SSSR count). The summed E-state index contributed by atoms with van der Waals surface area (Å²) in [5.74, 6) is 4.00. The normalized spacial score (nSPS) is 10.6. The highest BCUT2D eigenvalue weighted by atomic mass is 35.5. The van der Waals surface area contributed by atoms with Gasteiger partial charge in [0.2, 0.25) is 0 Å². The molecule has 0 fully saturated rings. The van der Waals surface area contributed by atoms with E-state index >= 15 is 0 Å². The number of halogens is 3. The summed E-state index contributed by atoms with van der Waals surface area (Å²) in [5, 5.41) is 0. The van der Waals surface area contributed by atoms with Crippen molar-refractivity contribution in [1.82, 2.24) is 0 Å². The zero-order chi connectivity index (χ0) is 10.8. The molecule has 0 aromatic heterocycles. The van der Waals surface area contributed by atoms with E-state index in [2.05, 4.69) is 11.8 Å². The summed E-state index contributed by atoms with van der Waals surface area (Å²) in [7, 11) is 0. The molecule has 1 aromatic rings. The molecule has 0 aliphatic carbocycles. The highest BCUT2D eigenvalue weighted by molar-refractivity contribution is 6.25. The molecule has 0 heterocycles. The van der Waals surface area contributed by atoms with E-state index in [1.54, 1.807) is 13.8 Å². The summed E-state index contributed by atoms with van der Waals surface area (Å²) in [4.78, 5) is -0.692. The van der Waals surface area contributed by atoms with Crippen molar-refractivity contribution in [2.24, 2.45) is 0 Å². The summed E-state index contributed by atoms with van der Waals surface area (Å²) in [6.45, 7) is 3.41. The smallest absolute Gasteiger partial charge is 0.127 e. The molecule has 0 atom stereocenters. The maximum Gasteiger partial charge on any atom is 0.127 e. The molecule has 74 valence electrons. The fourth-order valence-electron chi connectivity index (χ4n) is 0.847. The van der Waals surface area contributed by atoms with Crippen molar-refractivity contribution in [3.05, 3.63) is 35.4 Å².